The van der Waals surface area contributed by atoms with Crippen molar-refractivity contribution in [1.82, 2.24) is 4.90 Å². The van der Waals surface area contributed by atoms with Gasteiger partial charge in [0.05, 0.1) is 18.9 Å². The molecule has 1 saturated heterocycles. The fraction of sp³-hybridized carbons (Fsp3) is 0.316. The van der Waals surface area contributed by atoms with Crippen LogP contribution in [0.25, 0.3) is 0 Å². The lowest BCUT2D eigenvalue weighted by Crippen LogP contribution is -2.42. The minimum atomic E-state index is -0.689. The number of furan rings is 1. The molecule has 0 unspecified atom stereocenters. The number of carbonyl (C=O) groups is 3. The Morgan fingerprint density at radius 2 is 2.07 bits per heavy atom. The number of hydrogen-bond donors (Lipinski definition) is 0. The highest BCUT2D eigenvalue weighted by molar-refractivity contribution is 7.99. The summed E-state index contributed by atoms with van der Waals surface area (Å²) in [5, 5.41) is -0.349. The molecule has 1 fully saturated rings. The topological polar surface area (TPSA) is 86.1 Å². The lowest BCUT2D eigenvalue weighted by Gasteiger charge is -2.25. The van der Waals surface area contributed by atoms with Crippen molar-refractivity contribution in [2.75, 3.05) is 12.9 Å². The first-order valence-electron chi connectivity index (χ1n) is 8.29. The summed E-state index contributed by atoms with van der Waals surface area (Å²) in [6.45, 7) is 1.42. The average molecular weight is 389 g/mol. The molecule has 2 heterocycles. The molecule has 0 aliphatic carbocycles. The zero-order valence-electron chi connectivity index (χ0n) is 14.9. The second kappa shape index (κ2) is 8.30. The predicted molar refractivity (Wildman–Crippen MR) is 97.8 cm³/mol. The Labute approximate surface area is 160 Å². The van der Waals surface area contributed by atoms with Gasteiger partial charge < -0.3 is 18.8 Å². The van der Waals surface area contributed by atoms with E-state index in [-0.39, 0.29) is 17.9 Å². The first kappa shape index (κ1) is 19.0. The van der Waals surface area contributed by atoms with Crippen LogP contribution in [0.15, 0.2) is 47.1 Å². The first-order valence-corrected chi connectivity index (χ1v) is 9.34. The maximum absolute atomic E-state index is 12.6. The van der Waals surface area contributed by atoms with Crippen molar-refractivity contribution in [2.24, 2.45) is 0 Å². The van der Waals surface area contributed by atoms with Crippen LogP contribution in [0.4, 0.5) is 0 Å². The molecule has 142 valence electrons. The van der Waals surface area contributed by atoms with Gasteiger partial charge in [0, 0.05) is 12.7 Å². The second-order valence-electron chi connectivity index (χ2n) is 5.94. The van der Waals surface area contributed by atoms with E-state index < -0.39 is 18.0 Å². The van der Waals surface area contributed by atoms with E-state index in [1.807, 2.05) is 0 Å². The molecule has 0 radical (unpaired) electrons. The van der Waals surface area contributed by atoms with Crippen LogP contribution in [0.3, 0.4) is 0 Å². The molecule has 1 aliphatic rings. The smallest absolute Gasteiger partial charge is 0.337 e. The van der Waals surface area contributed by atoms with E-state index in [0.29, 0.717) is 22.6 Å². The highest BCUT2D eigenvalue weighted by Gasteiger charge is 2.43. The van der Waals surface area contributed by atoms with E-state index >= 15 is 0 Å². The minimum absolute atomic E-state index is 0.00198. The quantitative estimate of drug-likeness (QED) is 0.727. The molecule has 0 bridgehead atoms. The molecule has 1 aromatic carbocycles. The molecule has 2 aromatic rings. The fourth-order valence-corrected chi connectivity index (χ4v) is 4.30. The Morgan fingerprint density at radius 1 is 1.26 bits per heavy atom. The number of esters is 2. The number of benzene rings is 1. The molecule has 2 atom stereocenters. The van der Waals surface area contributed by atoms with Crippen molar-refractivity contribution in [3.05, 3.63) is 59.5 Å². The highest BCUT2D eigenvalue weighted by atomic mass is 32.2. The monoisotopic (exact) mass is 389 g/mol. The van der Waals surface area contributed by atoms with Crippen LogP contribution in [0.1, 0.15) is 34.0 Å². The van der Waals surface area contributed by atoms with Crippen molar-refractivity contribution >= 4 is 29.6 Å². The van der Waals surface area contributed by atoms with Crippen molar-refractivity contribution in [2.45, 2.75) is 24.9 Å². The molecule has 0 spiro atoms. The van der Waals surface area contributed by atoms with E-state index in [9.17, 15) is 14.4 Å². The summed E-state index contributed by atoms with van der Waals surface area (Å²) in [5.74, 6) is -0.131. The highest BCUT2D eigenvalue weighted by Crippen LogP contribution is 2.41. The van der Waals surface area contributed by atoms with Gasteiger partial charge in [-0.25, -0.2) is 9.59 Å². The zero-order valence-corrected chi connectivity index (χ0v) is 15.7. The number of thioether (sulfide) groups is 1. The van der Waals surface area contributed by atoms with Gasteiger partial charge in [-0.2, -0.15) is 0 Å². The van der Waals surface area contributed by atoms with E-state index in [4.69, 9.17) is 9.15 Å². The minimum Gasteiger partial charge on any atom is -0.466 e. The molecular weight excluding hydrogens is 370 g/mol. The van der Waals surface area contributed by atoms with E-state index in [0.717, 1.165) is 0 Å². The third-order valence-electron chi connectivity index (χ3n) is 4.15. The summed E-state index contributed by atoms with van der Waals surface area (Å²) in [6, 6.07) is 9.50. The molecule has 0 N–H and O–H groups in total. The number of hydrogen-bond acceptors (Lipinski definition) is 7. The number of nitrogens with zero attached hydrogens (tertiary/aromatic N) is 1. The molecule has 7 nitrogen and oxygen atoms in total. The maximum Gasteiger partial charge on any atom is 0.337 e. The Balaban J connectivity index is 1.67. The van der Waals surface area contributed by atoms with Crippen LogP contribution in [-0.2, 0) is 25.7 Å². The molecule has 27 heavy (non-hydrogen) atoms. The lowest BCUT2D eigenvalue weighted by molar-refractivity contribution is -0.154. The molecule has 1 aromatic heterocycles. The maximum atomic E-state index is 12.6. The summed E-state index contributed by atoms with van der Waals surface area (Å²) in [6.07, 6.45) is 1.54. The SMILES string of the molecule is COC(=O)c1cccc(COC(=O)[C@@H]2CS[C@@H](c3ccco3)N2C(C)=O)c1. The van der Waals surface area contributed by atoms with Crippen LogP contribution in [0, 0.1) is 0 Å². The van der Waals surface area contributed by atoms with Gasteiger partial charge in [-0.3, -0.25) is 4.79 Å². The van der Waals surface area contributed by atoms with E-state index in [2.05, 4.69) is 4.74 Å². The summed E-state index contributed by atoms with van der Waals surface area (Å²) in [5.41, 5.74) is 1.04. The van der Waals surface area contributed by atoms with Gasteiger partial charge in [0.25, 0.3) is 0 Å². The third-order valence-corrected chi connectivity index (χ3v) is 5.44. The Hall–Kier alpha value is -2.74. The summed E-state index contributed by atoms with van der Waals surface area (Å²) >= 11 is 1.45. The molecule has 0 saturated carbocycles. The second-order valence-corrected chi connectivity index (χ2v) is 7.06. The van der Waals surface area contributed by atoms with Crippen molar-refractivity contribution < 1.29 is 28.3 Å². The van der Waals surface area contributed by atoms with Crippen molar-refractivity contribution in [1.29, 1.82) is 0 Å². The molecule has 8 heteroatoms. The average Bonchev–Trinajstić information content (AvgIpc) is 3.34. The van der Waals surface area contributed by atoms with Crippen molar-refractivity contribution in [3.63, 3.8) is 0 Å². The van der Waals surface area contributed by atoms with Gasteiger partial charge in [0.15, 0.2) is 0 Å². The van der Waals surface area contributed by atoms with Crippen LogP contribution in [-0.4, -0.2) is 41.7 Å². The van der Waals surface area contributed by atoms with E-state index in [1.54, 1.807) is 36.4 Å². The van der Waals surface area contributed by atoms with Gasteiger partial charge in [0.1, 0.15) is 23.8 Å². The lowest BCUT2D eigenvalue weighted by atomic mass is 10.1. The number of rotatable bonds is 5. The summed E-state index contributed by atoms with van der Waals surface area (Å²) < 4.78 is 15.5. The van der Waals surface area contributed by atoms with Gasteiger partial charge >= 0.3 is 11.9 Å². The van der Waals surface area contributed by atoms with Gasteiger partial charge in [-0.15, -0.1) is 11.8 Å². The Bertz CT molecular complexity index is 834. The third kappa shape index (κ3) is 4.16. The molecule has 1 aliphatic heterocycles. The summed E-state index contributed by atoms with van der Waals surface area (Å²) in [4.78, 5) is 37.8. The molecular formula is C19H19NO6S. The Morgan fingerprint density at radius 3 is 2.74 bits per heavy atom. The zero-order chi connectivity index (χ0) is 19.4. The number of methoxy groups -OCH3 is 1. The molecule has 1 amide bonds. The van der Waals surface area contributed by atoms with Crippen LogP contribution < -0.4 is 0 Å². The van der Waals surface area contributed by atoms with Gasteiger partial charge in [-0.1, -0.05) is 12.1 Å². The number of ether oxygens (including phenoxy) is 2. The predicted octanol–water partition coefficient (Wildman–Crippen LogP) is 2.77. The van der Waals surface area contributed by atoms with Crippen LogP contribution in [0.5, 0.6) is 0 Å². The first-order chi connectivity index (χ1) is 13.0. The summed E-state index contributed by atoms with van der Waals surface area (Å²) in [7, 11) is 1.30. The van der Waals surface area contributed by atoms with Crippen LogP contribution >= 0.6 is 11.8 Å². The Kier molecular flexibility index (Phi) is 5.85. The standard InChI is InChI=1S/C19H19NO6S/c1-12(21)20-15(11-27-17(20)16-7-4-8-25-16)19(23)26-10-13-5-3-6-14(9-13)18(22)24-2/h3-9,15,17H,10-11H2,1-2H3/t15-,17-/m0/s1. The van der Waals surface area contributed by atoms with Crippen molar-refractivity contribution in [3.8, 4) is 0 Å². The largest absolute Gasteiger partial charge is 0.466 e. The van der Waals surface area contributed by atoms with Gasteiger partial charge in [0.2, 0.25) is 5.91 Å². The van der Waals surface area contributed by atoms with Crippen LogP contribution in [0.2, 0.25) is 0 Å². The van der Waals surface area contributed by atoms with E-state index in [1.165, 1.54) is 37.0 Å². The number of carbonyl (C=O) groups excluding carboxylic acids is 3. The molecule has 3 rings (SSSR count). The van der Waals surface area contributed by atoms with Gasteiger partial charge in [-0.05, 0) is 29.8 Å². The fourth-order valence-electron chi connectivity index (χ4n) is 2.88. The normalized spacial score (nSPS) is 19.0. The number of amides is 1.